The summed E-state index contributed by atoms with van der Waals surface area (Å²) in [5, 5.41) is 3.44. The van der Waals surface area contributed by atoms with Gasteiger partial charge in [0.2, 0.25) is 0 Å². The van der Waals surface area contributed by atoms with Gasteiger partial charge in [-0.15, -0.1) is 23.1 Å². The molecule has 2 aromatic rings. The van der Waals surface area contributed by atoms with Crippen LogP contribution >= 0.6 is 23.1 Å². The maximum Gasteiger partial charge on any atom is 0.124 e. The lowest BCUT2D eigenvalue weighted by Crippen LogP contribution is -1.69. The van der Waals surface area contributed by atoms with Crippen molar-refractivity contribution in [1.29, 1.82) is 0 Å². The predicted molar refractivity (Wildman–Crippen MR) is 51.4 cm³/mol. The lowest BCUT2D eigenvalue weighted by atomic mass is 10.3. The lowest BCUT2D eigenvalue weighted by Gasteiger charge is -1.89. The van der Waals surface area contributed by atoms with Gasteiger partial charge in [0.05, 0.1) is 0 Å². The van der Waals surface area contributed by atoms with Crippen molar-refractivity contribution >= 4 is 33.3 Å². The summed E-state index contributed by atoms with van der Waals surface area (Å²) in [6.45, 7) is 0. The van der Waals surface area contributed by atoms with Crippen LogP contribution in [-0.2, 0) is 0 Å². The van der Waals surface area contributed by atoms with E-state index >= 15 is 0 Å². The van der Waals surface area contributed by atoms with E-state index in [0.29, 0.717) is 0 Å². The molecule has 0 fully saturated rings. The van der Waals surface area contributed by atoms with Crippen molar-refractivity contribution in [3.05, 3.63) is 23.7 Å². The molecule has 2 aromatic heterocycles. The zero-order chi connectivity index (χ0) is 7.68. The smallest absolute Gasteiger partial charge is 0.124 e. The van der Waals surface area contributed by atoms with Gasteiger partial charge in [0.15, 0.2) is 0 Å². The van der Waals surface area contributed by atoms with Gasteiger partial charge in [-0.3, -0.25) is 0 Å². The van der Waals surface area contributed by atoms with Crippen molar-refractivity contribution in [2.75, 3.05) is 6.26 Å². The van der Waals surface area contributed by atoms with E-state index < -0.39 is 0 Å². The fourth-order valence-electron chi connectivity index (χ4n) is 1.00. The number of thiophene rings is 1. The highest BCUT2D eigenvalue weighted by Gasteiger charge is 2.00. The summed E-state index contributed by atoms with van der Waals surface area (Å²) in [5.74, 6) is 0. The molecule has 0 bridgehead atoms. The summed E-state index contributed by atoms with van der Waals surface area (Å²) < 4.78 is 0. The first kappa shape index (κ1) is 7.13. The third kappa shape index (κ3) is 1.14. The second-order valence-corrected chi connectivity index (χ2v) is 3.87. The van der Waals surface area contributed by atoms with E-state index in [1.165, 1.54) is 10.3 Å². The van der Waals surface area contributed by atoms with Crippen molar-refractivity contribution in [2.45, 2.75) is 4.90 Å². The van der Waals surface area contributed by atoms with Crippen LogP contribution in [0.4, 0.5) is 0 Å². The molecule has 1 nitrogen and oxygen atoms in total. The van der Waals surface area contributed by atoms with E-state index in [0.717, 1.165) is 4.83 Å². The van der Waals surface area contributed by atoms with E-state index in [4.69, 9.17) is 0 Å². The van der Waals surface area contributed by atoms with Crippen molar-refractivity contribution in [1.82, 2.24) is 4.98 Å². The van der Waals surface area contributed by atoms with Crippen LogP contribution in [0.25, 0.3) is 10.2 Å². The van der Waals surface area contributed by atoms with Gasteiger partial charge in [-0.25, -0.2) is 4.98 Å². The molecule has 0 atom stereocenters. The quantitative estimate of drug-likeness (QED) is 0.627. The summed E-state index contributed by atoms with van der Waals surface area (Å²) in [5.41, 5.74) is 0. The number of fused-ring (bicyclic) bond motifs is 1. The second kappa shape index (κ2) is 2.83. The fraction of sp³-hybridized carbons (Fsp3) is 0.125. The Morgan fingerprint density at radius 3 is 3.27 bits per heavy atom. The molecule has 2 heterocycles. The van der Waals surface area contributed by atoms with E-state index in [2.05, 4.69) is 22.7 Å². The first-order valence-electron chi connectivity index (χ1n) is 3.28. The predicted octanol–water partition coefficient (Wildman–Crippen LogP) is 3.02. The van der Waals surface area contributed by atoms with Gasteiger partial charge in [0.25, 0.3) is 0 Å². The zero-order valence-electron chi connectivity index (χ0n) is 6.07. The van der Waals surface area contributed by atoms with Gasteiger partial charge >= 0.3 is 0 Å². The molecule has 3 heteroatoms. The minimum atomic E-state index is 1.14. The summed E-state index contributed by atoms with van der Waals surface area (Å²) in [6, 6.07) is 4.10. The van der Waals surface area contributed by atoms with E-state index in [1.54, 1.807) is 23.1 Å². The van der Waals surface area contributed by atoms with Gasteiger partial charge in [0, 0.05) is 21.9 Å². The summed E-state index contributed by atoms with van der Waals surface area (Å²) in [7, 11) is 0. The largest absolute Gasteiger partial charge is 0.245 e. The highest BCUT2D eigenvalue weighted by atomic mass is 32.2. The van der Waals surface area contributed by atoms with Crippen LogP contribution in [-0.4, -0.2) is 11.2 Å². The second-order valence-electron chi connectivity index (χ2n) is 2.16. The molecule has 0 unspecified atom stereocenters. The molecule has 0 aliphatic carbocycles. The average molecular weight is 181 g/mol. The van der Waals surface area contributed by atoms with E-state index in [-0.39, 0.29) is 0 Å². The molecule has 56 valence electrons. The Hall–Kier alpha value is -0.540. The first-order valence-corrected chi connectivity index (χ1v) is 5.38. The average Bonchev–Trinajstić information content (AvgIpc) is 2.47. The zero-order valence-corrected chi connectivity index (χ0v) is 7.71. The van der Waals surface area contributed by atoms with Crippen LogP contribution in [0.2, 0.25) is 0 Å². The molecular weight excluding hydrogens is 174 g/mol. The van der Waals surface area contributed by atoms with Crippen LogP contribution in [0, 0.1) is 0 Å². The van der Waals surface area contributed by atoms with Crippen molar-refractivity contribution < 1.29 is 0 Å². The Kier molecular flexibility index (Phi) is 1.84. The van der Waals surface area contributed by atoms with Crippen LogP contribution < -0.4 is 0 Å². The lowest BCUT2D eigenvalue weighted by molar-refractivity contribution is 1.44. The summed E-state index contributed by atoms with van der Waals surface area (Å²) >= 11 is 3.48. The first-order chi connectivity index (χ1) is 5.42. The summed E-state index contributed by atoms with van der Waals surface area (Å²) in [6.07, 6.45) is 3.93. The molecule has 0 radical (unpaired) electrons. The Morgan fingerprint density at radius 2 is 2.45 bits per heavy atom. The Labute approximate surface area is 73.5 Å². The molecule has 0 aliphatic rings. The van der Waals surface area contributed by atoms with Gasteiger partial charge < -0.3 is 0 Å². The molecule has 11 heavy (non-hydrogen) atoms. The Bertz CT molecular complexity index is 367. The van der Waals surface area contributed by atoms with Gasteiger partial charge in [-0.05, 0) is 18.4 Å². The van der Waals surface area contributed by atoms with Gasteiger partial charge in [-0.1, -0.05) is 0 Å². The van der Waals surface area contributed by atoms with Crippen molar-refractivity contribution in [3.8, 4) is 0 Å². The Morgan fingerprint density at radius 1 is 1.55 bits per heavy atom. The van der Waals surface area contributed by atoms with Crippen molar-refractivity contribution in [2.24, 2.45) is 0 Å². The summed E-state index contributed by atoms with van der Waals surface area (Å²) in [4.78, 5) is 6.72. The third-order valence-electron chi connectivity index (χ3n) is 1.53. The number of nitrogens with zero attached hydrogens (tertiary/aromatic N) is 1. The molecule has 0 aromatic carbocycles. The highest BCUT2D eigenvalue weighted by Crippen LogP contribution is 2.29. The maximum atomic E-state index is 4.26. The normalized spacial score (nSPS) is 10.6. The fourth-order valence-corrected chi connectivity index (χ4v) is 2.75. The SMILES string of the molecule is CSc1csc2ncccc12. The Balaban J connectivity index is 2.76. The minimum Gasteiger partial charge on any atom is -0.245 e. The topological polar surface area (TPSA) is 12.9 Å². The molecule has 0 aliphatic heterocycles. The third-order valence-corrected chi connectivity index (χ3v) is 3.36. The van der Waals surface area contributed by atoms with Crippen molar-refractivity contribution in [3.63, 3.8) is 0 Å². The highest BCUT2D eigenvalue weighted by molar-refractivity contribution is 7.99. The van der Waals surface area contributed by atoms with Gasteiger partial charge in [-0.2, -0.15) is 0 Å². The molecule has 0 N–H and O–H groups in total. The minimum absolute atomic E-state index is 1.14. The number of aromatic nitrogens is 1. The number of hydrogen-bond acceptors (Lipinski definition) is 3. The molecule has 0 saturated heterocycles. The molecule has 0 spiro atoms. The van der Waals surface area contributed by atoms with E-state index in [1.807, 2.05) is 12.3 Å². The molecule has 2 rings (SSSR count). The van der Waals surface area contributed by atoms with Gasteiger partial charge in [0.1, 0.15) is 4.83 Å². The van der Waals surface area contributed by atoms with Crippen LogP contribution in [0.5, 0.6) is 0 Å². The maximum absolute atomic E-state index is 4.26. The van der Waals surface area contributed by atoms with Crippen LogP contribution in [0.15, 0.2) is 28.6 Å². The molecule has 0 amide bonds. The number of hydrogen-bond donors (Lipinski definition) is 0. The number of thioether (sulfide) groups is 1. The van der Waals surface area contributed by atoms with E-state index in [9.17, 15) is 0 Å². The number of rotatable bonds is 1. The monoisotopic (exact) mass is 181 g/mol. The van der Waals surface area contributed by atoms with Crippen LogP contribution in [0.1, 0.15) is 0 Å². The molecular formula is C8H7NS2. The number of pyridine rings is 1. The molecule has 0 saturated carbocycles. The van der Waals surface area contributed by atoms with Crippen LogP contribution in [0.3, 0.4) is 0 Å². The standard InChI is InChI=1S/C8H7NS2/c1-10-7-5-11-8-6(7)3-2-4-9-8/h2-5H,1H3.